The summed E-state index contributed by atoms with van der Waals surface area (Å²) in [6, 6.07) is 18.5. The molecule has 6 nitrogen and oxygen atoms in total. The van der Waals surface area contributed by atoms with Gasteiger partial charge in [0.2, 0.25) is 0 Å². The number of amides is 2. The van der Waals surface area contributed by atoms with Crippen molar-refractivity contribution in [2.45, 2.75) is 13.1 Å². The standard InChI is InChI=1S/C25H20F2N4O2/c26-20-7-1-17(2-8-20)13-28-25(33)23-15-31(16-29-23)14-18-3-11-22(12-4-18)30-24(32)19-5-9-21(27)10-6-19/h1-12,15-16H,13-14H2,(H,28,33)(H,30,32). The summed E-state index contributed by atoms with van der Waals surface area (Å²) in [7, 11) is 0. The fourth-order valence-electron chi connectivity index (χ4n) is 3.15. The van der Waals surface area contributed by atoms with Crippen LogP contribution in [0.15, 0.2) is 85.3 Å². The molecule has 0 aliphatic carbocycles. The predicted octanol–water partition coefficient (Wildman–Crippen LogP) is 4.39. The first-order chi connectivity index (χ1) is 16.0. The smallest absolute Gasteiger partial charge is 0.271 e. The van der Waals surface area contributed by atoms with Gasteiger partial charge in [0.15, 0.2) is 0 Å². The first-order valence-electron chi connectivity index (χ1n) is 10.2. The quantitative estimate of drug-likeness (QED) is 0.442. The maximum absolute atomic E-state index is 13.0. The Labute approximate surface area is 188 Å². The van der Waals surface area contributed by atoms with E-state index in [1.165, 1.54) is 36.4 Å². The van der Waals surface area contributed by atoms with Crippen molar-refractivity contribution in [2.24, 2.45) is 0 Å². The van der Waals surface area contributed by atoms with Crippen LogP contribution < -0.4 is 10.6 Å². The van der Waals surface area contributed by atoms with E-state index in [0.29, 0.717) is 17.8 Å². The van der Waals surface area contributed by atoms with Crippen molar-refractivity contribution in [1.29, 1.82) is 0 Å². The molecule has 1 aromatic heterocycles. The van der Waals surface area contributed by atoms with Gasteiger partial charge in [0.25, 0.3) is 11.8 Å². The molecule has 0 saturated heterocycles. The molecule has 0 unspecified atom stereocenters. The number of hydrogen-bond acceptors (Lipinski definition) is 3. The number of anilines is 1. The Morgan fingerprint density at radius 2 is 1.39 bits per heavy atom. The Bertz CT molecular complexity index is 1250. The minimum Gasteiger partial charge on any atom is -0.347 e. The van der Waals surface area contributed by atoms with Crippen LogP contribution in [0.2, 0.25) is 0 Å². The second-order valence-electron chi connectivity index (χ2n) is 7.40. The van der Waals surface area contributed by atoms with E-state index in [1.54, 1.807) is 41.4 Å². The molecular weight excluding hydrogens is 426 g/mol. The molecule has 0 saturated carbocycles. The maximum Gasteiger partial charge on any atom is 0.271 e. The first kappa shape index (κ1) is 21.9. The Morgan fingerprint density at radius 3 is 2.06 bits per heavy atom. The molecule has 0 aliphatic heterocycles. The second kappa shape index (κ2) is 9.86. The molecule has 33 heavy (non-hydrogen) atoms. The van der Waals surface area contributed by atoms with Crippen LogP contribution in [0.3, 0.4) is 0 Å². The molecule has 2 amide bonds. The van der Waals surface area contributed by atoms with Gasteiger partial charge < -0.3 is 15.2 Å². The molecule has 1 heterocycles. The van der Waals surface area contributed by atoms with Crippen molar-refractivity contribution in [1.82, 2.24) is 14.9 Å². The van der Waals surface area contributed by atoms with Gasteiger partial charge in [-0.2, -0.15) is 0 Å². The topological polar surface area (TPSA) is 76.0 Å². The average molecular weight is 446 g/mol. The van der Waals surface area contributed by atoms with E-state index in [9.17, 15) is 18.4 Å². The summed E-state index contributed by atoms with van der Waals surface area (Å²) in [4.78, 5) is 28.7. The lowest BCUT2D eigenvalue weighted by atomic mass is 10.1. The van der Waals surface area contributed by atoms with Crippen molar-refractivity contribution < 1.29 is 18.4 Å². The zero-order chi connectivity index (χ0) is 23.2. The van der Waals surface area contributed by atoms with Crippen LogP contribution in [-0.4, -0.2) is 21.4 Å². The van der Waals surface area contributed by atoms with Crippen LogP contribution in [-0.2, 0) is 13.1 Å². The third kappa shape index (κ3) is 5.88. The maximum atomic E-state index is 13.0. The van der Waals surface area contributed by atoms with Crippen molar-refractivity contribution in [3.8, 4) is 0 Å². The van der Waals surface area contributed by atoms with E-state index in [-0.39, 0.29) is 29.9 Å². The minimum absolute atomic E-state index is 0.275. The third-order valence-electron chi connectivity index (χ3n) is 4.92. The van der Waals surface area contributed by atoms with Gasteiger partial charge in [-0.15, -0.1) is 0 Å². The molecule has 0 aliphatic rings. The normalized spacial score (nSPS) is 10.6. The number of carbonyl (C=O) groups excluding carboxylic acids is 2. The molecule has 8 heteroatoms. The fourth-order valence-corrected chi connectivity index (χ4v) is 3.15. The van der Waals surface area contributed by atoms with Gasteiger partial charge in [0.05, 0.1) is 6.33 Å². The minimum atomic E-state index is -0.399. The predicted molar refractivity (Wildman–Crippen MR) is 120 cm³/mol. The molecule has 4 rings (SSSR count). The van der Waals surface area contributed by atoms with Gasteiger partial charge in [-0.1, -0.05) is 24.3 Å². The van der Waals surface area contributed by atoms with E-state index < -0.39 is 5.82 Å². The molecule has 3 aromatic carbocycles. The van der Waals surface area contributed by atoms with E-state index in [2.05, 4.69) is 15.6 Å². The van der Waals surface area contributed by atoms with Gasteiger partial charge >= 0.3 is 0 Å². The van der Waals surface area contributed by atoms with Gasteiger partial charge in [0, 0.05) is 30.5 Å². The van der Waals surface area contributed by atoms with E-state index >= 15 is 0 Å². The Balaban J connectivity index is 1.31. The molecule has 0 fully saturated rings. The van der Waals surface area contributed by atoms with Crippen LogP contribution >= 0.6 is 0 Å². The SMILES string of the molecule is O=C(Nc1ccc(Cn2cnc(C(=O)NCc3ccc(F)cc3)c2)cc1)c1ccc(F)cc1. The van der Waals surface area contributed by atoms with Crippen molar-refractivity contribution in [3.05, 3.63) is 119 Å². The fraction of sp³-hybridized carbons (Fsp3) is 0.0800. The van der Waals surface area contributed by atoms with Crippen LogP contribution in [0.25, 0.3) is 0 Å². The van der Waals surface area contributed by atoms with Crippen LogP contribution in [0.4, 0.5) is 14.5 Å². The highest BCUT2D eigenvalue weighted by molar-refractivity contribution is 6.04. The number of imidazole rings is 1. The lowest BCUT2D eigenvalue weighted by molar-refractivity contribution is 0.0945. The van der Waals surface area contributed by atoms with Gasteiger partial charge in [0.1, 0.15) is 17.3 Å². The number of nitrogens with zero attached hydrogens (tertiary/aromatic N) is 2. The summed E-state index contributed by atoms with van der Waals surface area (Å²) < 4.78 is 27.7. The molecule has 166 valence electrons. The zero-order valence-electron chi connectivity index (χ0n) is 17.5. The average Bonchev–Trinajstić information content (AvgIpc) is 3.29. The first-order valence-corrected chi connectivity index (χ1v) is 10.2. The summed E-state index contributed by atoms with van der Waals surface area (Å²) in [5.41, 5.74) is 2.99. The number of rotatable bonds is 7. The van der Waals surface area contributed by atoms with E-state index in [0.717, 1.165) is 11.1 Å². The number of hydrogen-bond donors (Lipinski definition) is 2. The molecule has 0 bridgehead atoms. The van der Waals surface area contributed by atoms with Crippen molar-refractivity contribution in [3.63, 3.8) is 0 Å². The highest BCUT2D eigenvalue weighted by Crippen LogP contribution is 2.13. The monoisotopic (exact) mass is 446 g/mol. The zero-order valence-corrected chi connectivity index (χ0v) is 17.5. The van der Waals surface area contributed by atoms with Gasteiger partial charge in [-0.25, -0.2) is 13.8 Å². The highest BCUT2D eigenvalue weighted by atomic mass is 19.1. The van der Waals surface area contributed by atoms with Crippen LogP contribution in [0, 0.1) is 11.6 Å². The molecule has 4 aromatic rings. The number of nitrogens with one attached hydrogen (secondary N) is 2. The molecule has 2 N–H and O–H groups in total. The second-order valence-corrected chi connectivity index (χ2v) is 7.40. The molecular formula is C25H20F2N4O2. The van der Waals surface area contributed by atoms with E-state index in [1.807, 2.05) is 12.1 Å². The number of benzene rings is 3. The number of aromatic nitrogens is 2. The van der Waals surface area contributed by atoms with E-state index in [4.69, 9.17) is 0 Å². The largest absolute Gasteiger partial charge is 0.347 e. The highest BCUT2D eigenvalue weighted by Gasteiger charge is 2.10. The summed E-state index contributed by atoms with van der Waals surface area (Å²) >= 11 is 0. The lowest BCUT2D eigenvalue weighted by Gasteiger charge is -2.07. The third-order valence-corrected chi connectivity index (χ3v) is 4.92. The number of carbonyl (C=O) groups is 2. The number of halogens is 2. The lowest BCUT2D eigenvalue weighted by Crippen LogP contribution is -2.23. The summed E-state index contributed by atoms with van der Waals surface area (Å²) in [5.74, 6) is -1.37. The molecule has 0 radical (unpaired) electrons. The Morgan fingerprint density at radius 1 is 0.788 bits per heavy atom. The van der Waals surface area contributed by atoms with Crippen molar-refractivity contribution >= 4 is 17.5 Å². The Kier molecular flexibility index (Phi) is 6.54. The van der Waals surface area contributed by atoms with Crippen molar-refractivity contribution in [2.75, 3.05) is 5.32 Å². The summed E-state index contributed by atoms with van der Waals surface area (Å²) in [5, 5.41) is 5.52. The Hall–Kier alpha value is -4.33. The molecule has 0 atom stereocenters. The van der Waals surface area contributed by atoms with Gasteiger partial charge in [-0.05, 0) is 59.7 Å². The summed E-state index contributed by atoms with van der Waals surface area (Å²) in [6.45, 7) is 0.765. The van der Waals surface area contributed by atoms with Gasteiger partial charge in [-0.3, -0.25) is 9.59 Å². The summed E-state index contributed by atoms with van der Waals surface area (Å²) in [6.07, 6.45) is 3.21. The van der Waals surface area contributed by atoms with Crippen LogP contribution in [0.1, 0.15) is 32.0 Å². The van der Waals surface area contributed by atoms with Crippen LogP contribution in [0.5, 0.6) is 0 Å². The molecule has 0 spiro atoms.